The number of piperazine rings is 1. The van der Waals surface area contributed by atoms with Gasteiger partial charge < -0.3 is 20.4 Å². The van der Waals surface area contributed by atoms with E-state index in [0.717, 1.165) is 74.6 Å². The number of benzene rings is 1. The number of nitrogens with one attached hydrogen (secondary N) is 2. The minimum absolute atomic E-state index is 0.617. The van der Waals surface area contributed by atoms with Gasteiger partial charge in [0, 0.05) is 50.5 Å². The van der Waals surface area contributed by atoms with Crippen molar-refractivity contribution in [1.82, 2.24) is 20.5 Å². The number of hydrogen-bond donors (Lipinski definition) is 2. The molecule has 30 heavy (non-hydrogen) atoms. The quantitative estimate of drug-likeness (QED) is 0.499. The van der Waals surface area contributed by atoms with E-state index in [1.54, 1.807) is 0 Å². The first kappa shape index (κ1) is 22.4. The van der Waals surface area contributed by atoms with E-state index in [2.05, 4.69) is 51.4 Å². The van der Waals surface area contributed by atoms with Gasteiger partial charge in [0.15, 0.2) is 5.96 Å². The van der Waals surface area contributed by atoms with Gasteiger partial charge in [0.25, 0.3) is 0 Å². The highest BCUT2D eigenvalue weighted by atomic mass is 35.5. The van der Waals surface area contributed by atoms with Crippen LogP contribution >= 0.6 is 11.6 Å². The van der Waals surface area contributed by atoms with E-state index < -0.39 is 0 Å². The van der Waals surface area contributed by atoms with Crippen LogP contribution in [0.4, 0.5) is 5.82 Å². The summed E-state index contributed by atoms with van der Waals surface area (Å²) in [6.07, 6.45) is 2.75. The van der Waals surface area contributed by atoms with Crippen LogP contribution in [-0.4, -0.2) is 61.7 Å². The number of pyridine rings is 1. The second-order valence-corrected chi connectivity index (χ2v) is 7.81. The van der Waals surface area contributed by atoms with Crippen LogP contribution in [0.1, 0.15) is 25.0 Å². The maximum Gasteiger partial charge on any atom is 0.191 e. The summed E-state index contributed by atoms with van der Waals surface area (Å²) in [5, 5.41) is 7.53. The summed E-state index contributed by atoms with van der Waals surface area (Å²) < 4.78 is 0. The van der Waals surface area contributed by atoms with Gasteiger partial charge in [-0.3, -0.25) is 0 Å². The third-order valence-corrected chi connectivity index (χ3v) is 5.73. The monoisotopic (exact) mass is 428 g/mol. The van der Waals surface area contributed by atoms with E-state index in [1.807, 2.05) is 30.5 Å². The van der Waals surface area contributed by atoms with Crippen LogP contribution in [0.3, 0.4) is 0 Å². The molecular weight excluding hydrogens is 396 g/mol. The van der Waals surface area contributed by atoms with Crippen LogP contribution in [-0.2, 0) is 13.0 Å². The minimum Gasteiger partial charge on any atom is -0.357 e. The van der Waals surface area contributed by atoms with E-state index in [0.29, 0.717) is 6.54 Å². The van der Waals surface area contributed by atoms with Gasteiger partial charge in [-0.25, -0.2) is 9.98 Å². The highest BCUT2D eigenvalue weighted by molar-refractivity contribution is 6.31. The Morgan fingerprint density at radius 3 is 2.63 bits per heavy atom. The van der Waals surface area contributed by atoms with Crippen LogP contribution in [0.25, 0.3) is 0 Å². The van der Waals surface area contributed by atoms with Crippen molar-refractivity contribution in [3.8, 4) is 0 Å². The third-order valence-electron chi connectivity index (χ3n) is 5.36. The Labute approximate surface area is 185 Å². The van der Waals surface area contributed by atoms with Crippen LogP contribution in [0.5, 0.6) is 0 Å². The molecule has 1 fully saturated rings. The highest BCUT2D eigenvalue weighted by Crippen LogP contribution is 2.16. The molecule has 0 aliphatic carbocycles. The summed E-state index contributed by atoms with van der Waals surface area (Å²) in [7, 11) is 0. The van der Waals surface area contributed by atoms with Gasteiger partial charge in [0.1, 0.15) is 5.82 Å². The second kappa shape index (κ2) is 11.8. The molecule has 0 radical (unpaired) electrons. The fraction of sp³-hybridized carbons (Fsp3) is 0.478. The SMILES string of the molecule is CCNC(=NCc1ccnc(N2CCN(CC)CC2)c1)NCCc1ccccc1Cl. The molecule has 1 aromatic heterocycles. The Kier molecular flexibility index (Phi) is 8.78. The van der Waals surface area contributed by atoms with Crippen molar-refractivity contribution in [2.24, 2.45) is 4.99 Å². The van der Waals surface area contributed by atoms with E-state index in [4.69, 9.17) is 16.6 Å². The molecule has 0 unspecified atom stereocenters. The first-order chi connectivity index (χ1) is 14.7. The number of rotatable bonds is 8. The van der Waals surface area contributed by atoms with Gasteiger partial charge in [0.2, 0.25) is 0 Å². The normalized spacial score (nSPS) is 15.3. The van der Waals surface area contributed by atoms with Crippen LogP contribution in [0.15, 0.2) is 47.6 Å². The Balaban J connectivity index is 1.56. The van der Waals surface area contributed by atoms with Gasteiger partial charge in [-0.05, 0) is 49.2 Å². The molecule has 0 spiro atoms. The van der Waals surface area contributed by atoms with Crippen LogP contribution < -0.4 is 15.5 Å². The highest BCUT2D eigenvalue weighted by Gasteiger charge is 2.16. The number of aromatic nitrogens is 1. The molecule has 1 aliphatic heterocycles. The average Bonchev–Trinajstić information content (AvgIpc) is 2.79. The maximum absolute atomic E-state index is 6.25. The minimum atomic E-state index is 0.617. The van der Waals surface area contributed by atoms with Crippen molar-refractivity contribution >= 4 is 23.4 Å². The summed E-state index contributed by atoms with van der Waals surface area (Å²) in [6, 6.07) is 12.2. The van der Waals surface area contributed by atoms with Crippen molar-refractivity contribution in [3.63, 3.8) is 0 Å². The Bertz CT molecular complexity index is 817. The van der Waals surface area contributed by atoms with Crippen molar-refractivity contribution in [3.05, 3.63) is 58.7 Å². The van der Waals surface area contributed by atoms with E-state index in [-0.39, 0.29) is 0 Å². The molecule has 3 rings (SSSR count). The number of guanidine groups is 1. The summed E-state index contributed by atoms with van der Waals surface area (Å²) in [6.45, 7) is 11.9. The Hall–Kier alpha value is -2.31. The summed E-state index contributed by atoms with van der Waals surface area (Å²) in [4.78, 5) is 14.2. The van der Waals surface area contributed by atoms with Gasteiger partial charge in [-0.15, -0.1) is 0 Å². The zero-order valence-corrected chi connectivity index (χ0v) is 18.8. The van der Waals surface area contributed by atoms with E-state index in [9.17, 15) is 0 Å². The number of halogens is 1. The molecule has 6 nitrogen and oxygen atoms in total. The molecule has 2 N–H and O–H groups in total. The predicted octanol–water partition coefficient (Wildman–Crippen LogP) is 3.17. The van der Waals surface area contributed by atoms with Gasteiger partial charge in [0.05, 0.1) is 6.54 Å². The zero-order valence-electron chi connectivity index (χ0n) is 18.1. The number of aliphatic imine (C=N–C) groups is 1. The van der Waals surface area contributed by atoms with Crippen LogP contribution in [0, 0.1) is 0 Å². The largest absolute Gasteiger partial charge is 0.357 e. The number of likely N-dealkylation sites (N-methyl/N-ethyl adjacent to an activating group) is 1. The molecule has 162 valence electrons. The third kappa shape index (κ3) is 6.61. The average molecular weight is 429 g/mol. The van der Waals surface area contributed by atoms with Crippen LogP contribution in [0.2, 0.25) is 5.02 Å². The predicted molar refractivity (Wildman–Crippen MR) is 127 cm³/mol. The number of hydrogen-bond acceptors (Lipinski definition) is 4. The smallest absolute Gasteiger partial charge is 0.191 e. The van der Waals surface area contributed by atoms with E-state index >= 15 is 0 Å². The Morgan fingerprint density at radius 2 is 1.90 bits per heavy atom. The second-order valence-electron chi connectivity index (χ2n) is 7.41. The first-order valence-electron chi connectivity index (χ1n) is 10.9. The molecule has 0 saturated carbocycles. The summed E-state index contributed by atoms with van der Waals surface area (Å²) in [5.41, 5.74) is 2.31. The summed E-state index contributed by atoms with van der Waals surface area (Å²) in [5.74, 6) is 1.87. The molecule has 0 amide bonds. The zero-order chi connectivity index (χ0) is 21.2. The molecule has 7 heteroatoms. The fourth-order valence-corrected chi connectivity index (χ4v) is 3.78. The molecule has 1 aromatic carbocycles. The molecule has 2 aromatic rings. The lowest BCUT2D eigenvalue weighted by Crippen LogP contribution is -2.46. The molecular formula is C23H33ClN6. The molecule has 2 heterocycles. The summed E-state index contributed by atoms with van der Waals surface area (Å²) >= 11 is 6.25. The standard InChI is InChI=1S/C23H33ClN6/c1-3-25-23(27-12-10-20-7-5-6-8-21(20)24)28-18-19-9-11-26-22(17-19)30-15-13-29(4-2)14-16-30/h5-9,11,17H,3-4,10,12-16,18H2,1-2H3,(H2,25,27,28). The molecule has 1 aliphatic rings. The van der Waals surface area contributed by atoms with Gasteiger partial charge in [-0.2, -0.15) is 0 Å². The maximum atomic E-state index is 6.25. The van der Waals surface area contributed by atoms with E-state index in [1.165, 1.54) is 5.56 Å². The molecule has 0 bridgehead atoms. The lowest BCUT2D eigenvalue weighted by atomic mass is 10.1. The molecule has 1 saturated heterocycles. The first-order valence-corrected chi connectivity index (χ1v) is 11.2. The lowest BCUT2D eigenvalue weighted by molar-refractivity contribution is 0.270. The molecule has 0 atom stereocenters. The van der Waals surface area contributed by atoms with Crippen molar-refractivity contribution in [2.75, 3.05) is 50.7 Å². The number of nitrogens with zero attached hydrogens (tertiary/aromatic N) is 4. The topological polar surface area (TPSA) is 55.8 Å². The van der Waals surface area contributed by atoms with Crippen molar-refractivity contribution in [1.29, 1.82) is 0 Å². The Morgan fingerprint density at radius 1 is 1.10 bits per heavy atom. The van der Waals surface area contributed by atoms with Crippen molar-refractivity contribution in [2.45, 2.75) is 26.8 Å². The number of anilines is 1. The van der Waals surface area contributed by atoms with Gasteiger partial charge >= 0.3 is 0 Å². The fourth-order valence-electron chi connectivity index (χ4n) is 3.55. The lowest BCUT2D eigenvalue weighted by Gasteiger charge is -2.34. The van der Waals surface area contributed by atoms with Gasteiger partial charge in [-0.1, -0.05) is 36.7 Å². The van der Waals surface area contributed by atoms with Crippen molar-refractivity contribution < 1.29 is 0 Å².